The number of methoxy groups -OCH3 is 1. The number of carbonyl (C=O) groups excluding carboxylic acids is 2. The summed E-state index contributed by atoms with van der Waals surface area (Å²) in [6.45, 7) is 5.89. The number of amides is 1. The standard InChI is InChI=1S/C34H46N2O8/c1-32(2,3)44-28(38)16-19-34(31(39)35-23-33(40)17-6-5-7-18-33)29(25-10-8-11-27(22-25)41-4)43-30(36-34)24-12-14-26(15-13-24)42-21-9-20-37/h8,10-15,22,29,37,40H,5-7,9,16-21,23H2,1-4H3,(H,35,39)/t29-,34-/m1/s1. The van der Waals surface area contributed by atoms with Crippen LogP contribution in [0.5, 0.6) is 11.5 Å². The van der Waals surface area contributed by atoms with Crippen molar-refractivity contribution in [2.24, 2.45) is 4.99 Å². The van der Waals surface area contributed by atoms with Gasteiger partial charge in [-0.25, -0.2) is 4.99 Å². The molecule has 1 amide bonds. The number of nitrogens with one attached hydrogen (secondary N) is 1. The van der Waals surface area contributed by atoms with E-state index in [1.807, 2.05) is 12.1 Å². The summed E-state index contributed by atoms with van der Waals surface area (Å²) in [4.78, 5) is 32.2. The fourth-order valence-corrected chi connectivity index (χ4v) is 5.64. The largest absolute Gasteiger partial charge is 0.497 e. The molecular weight excluding hydrogens is 564 g/mol. The van der Waals surface area contributed by atoms with Crippen molar-refractivity contribution in [3.8, 4) is 11.5 Å². The van der Waals surface area contributed by atoms with Gasteiger partial charge in [-0.1, -0.05) is 31.4 Å². The first-order valence-corrected chi connectivity index (χ1v) is 15.4. The topological polar surface area (TPSA) is 136 Å². The van der Waals surface area contributed by atoms with Crippen LogP contribution in [0, 0.1) is 0 Å². The first-order valence-electron chi connectivity index (χ1n) is 15.4. The van der Waals surface area contributed by atoms with E-state index in [0.717, 1.165) is 19.3 Å². The van der Waals surface area contributed by atoms with E-state index in [1.54, 1.807) is 64.3 Å². The molecule has 44 heavy (non-hydrogen) atoms. The highest BCUT2D eigenvalue weighted by atomic mass is 16.6. The average molecular weight is 611 g/mol. The summed E-state index contributed by atoms with van der Waals surface area (Å²) in [6.07, 6.45) is 3.63. The third-order valence-corrected chi connectivity index (χ3v) is 7.92. The molecule has 0 radical (unpaired) electrons. The number of aliphatic hydroxyl groups excluding tert-OH is 1. The van der Waals surface area contributed by atoms with Crippen LogP contribution in [-0.2, 0) is 19.1 Å². The van der Waals surface area contributed by atoms with Crippen LogP contribution in [0.2, 0.25) is 0 Å². The van der Waals surface area contributed by atoms with Crippen molar-refractivity contribution in [1.82, 2.24) is 5.32 Å². The molecule has 0 bridgehead atoms. The van der Waals surface area contributed by atoms with Gasteiger partial charge in [0.15, 0.2) is 11.6 Å². The number of rotatable bonds is 13. The lowest BCUT2D eigenvalue weighted by atomic mass is 9.82. The van der Waals surface area contributed by atoms with E-state index in [4.69, 9.17) is 29.0 Å². The third-order valence-electron chi connectivity index (χ3n) is 7.92. The number of aliphatic imine (C=N–C) groups is 1. The van der Waals surface area contributed by atoms with Crippen LogP contribution in [0.25, 0.3) is 0 Å². The van der Waals surface area contributed by atoms with Crippen molar-refractivity contribution in [3.63, 3.8) is 0 Å². The van der Waals surface area contributed by atoms with E-state index >= 15 is 0 Å². The summed E-state index contributed by atoms with van der Waals surface area (Å²) >= 11 is 0. The second-order valence-corrected chi connectivity index (χ2v) is 12.6. The van der Waals surface area contributed by atoms with Gasteiger partial charge in [-0.3, -0.25) is 9.59 Å². The second-order valence-electron chi connectivity index (χ2n) is 12.6. The van der Waals surface area contributed by atoms with E-state index in [1.165, 1.54) is 0 Å². The first-order chi connectivity index (χ1) is 21.0. The van der Waals surface area contributed by atoms with Crippen molar-refractivity contribution >= 4 is 17.8 Å². The summed E-state index contributed by atoms with van der Waals surface area (Å²) in [7, 11) is 1.56. The number of ether oxygens (including phenoxy) is 4. The minimum atomic E-state index is -1.54. The number of esters is 1. The fraction of sp³-hybridized carbons (Fsp3) is 0.559. The van der Waals surface area contributed by atoms with E-state index in [9.17, 15) is 14.7 Å². The predicted molar refractivity (Wildman–Crippen MR) is 166 cm³/mol. The Balaban J connectivity index is 1.72. The zero-order chi connectivity index (χ0) is 31.8. The first kappa shape index (κ1) is 33.3. The predicted octanol–water partition coefficient (Wildman–Crippen LogP) is 4.65. The molecule has 0 saturated heterocycles. The Kier molecular flexibility index (Phi) is 10.9. The van der Waals surface area contributed by atoms with Crippen molar-refractivity contribution in [2.45, 2.75) is 95.0 Å². The molecule has 240 valence electrons. The van der Waals surface area contributed by atoms with Gasteiger partial charge in [0, 0.05) is 31.6 Å². The van der Waals surface area contributed by atoms with Crippen LogP contribution in [-0.4, -0.2) is 71.6 Å². The minimum absolute atomic E-state index is 0.0138. The Morgan fingerprint density at radius 1 is 1.07 bits per heavy atom. The lowest BCUT2D eigenvalue weighted by Crippen LogP contribution is -2.53. The number of hydrogen-bond acceptors (Lipinski definition) is 9. The van der Waals surface area contributed by atoms with E-state index in [0.29, 0.717) is 48.5 Å². The summed E-state index contributed by atoms with van der Waals surface area (Å²) in [5.41, 5.74) is -1.94. The van der Waals surface area contributed by atoms with Gasteiger partial charge in [-0.15, -0.1) is 0 Å². The molecule has 0 aromatic heterocycles. The molecular formula is C34H46N2O8. The molecule has 2 aliphatic rings. The van der Waals surface area contributed by atoms with Gasteiger partial charge in [0.1, 0.15) is 17.1 Å². The third kappa shape index (κ3) is 8.51. The number of nitrogens with zero attached hydrogens (tertiary/aromatic N) is 1. The summed E-state index contributed by atoms with van der Waals surface area (Å²) in [5.74, 6) is 0.567. The molecule has 2 atom stereocenters. The highest BCUT2D eigenvalue weighted by Gasteiger charge is 2.54. The van der Waals surface area contributed by atoms with Gasteiger partial charge in [0.05, 0.1) is 19.3 Å². The molecule has 1 aliphatic heterocycles. The van der Waals surface area contributed by atoms with Crippen LogP contribution in [0.15, 0.2) is 53.5 Å². The Bertz CT molecular complexity index is 1300. The molecule has 1 saturated carbocycles. The van der Waals surface area contributed by atoms with E-state index < -0.39 is 34.7 Å². The van der Waals surface area contributed by atoms with Crippen LogP contribution in [0.3, 0.4) is 0 Å². The quantitative estimate of drug-likeness (QED) is 0.220. The molecule has 10 nitrogen and oxygen atoms in total. The van der Waals surface area contributed by atoms with Crippen molar-refractivity contribution < 1.29 is 38.7 Å². The summed E-state index contributed by atoms with van der Waals surface area (Å²) in [6, 6.07) is 14.4. The number of carbonyl (C=O) groups is 2. The molecule has 0 spiro atoms. The SMILES string of the molecule is COc1cccc([C@H]2OC(c3ccc(OCCCO)cc3)=N[C@@]2(CCC(=O)OC(C)(C)C)C(=O)NCC2(O)CCCCC2)c1. The maximum atomic E-state index is 14.3. The molecule has 1 aliphatic carbocycles. The van der Waals surface area contributed by atoms with Crippen LogP contribution >= 0.6 is 0 Å². The zero-order valence-corrected chi connectivity index (χ0v) is 26.3. The number of aliphatic hydroxyl groups is 2. The molecule has 10 heteroatoms. The Hall–Kier alpha value is -3.63. The highest BCUT2D eigenvalue weighted by Crippen LogP contribution is 2.44. The molecule has 4 rings (SSSR count). The normalized spacial score (nSPS) is 21.1. The van der Waals surface area contributed by atoms with Crippen LogP contribution < -0.4 is 14.8 Å². The smallest absolute Gasteiger partial charge is 0.306 e. The highest BCUT2D eigenvalue weighted by molar-refractivity contribution is 6.01. The lowest BCUT2D eigenvalue weighted by Gasteiger charge is -2.35. The Labute approximate surface area is 259 Å². The van der Waals surface area contributed by atoms with Gasteiger partial charge in [0.2, 0.25) is 5.90 Å². The van der Waals surface area contributed by atoms with Gasteiger partial charge in [0.25, 0.3) is 5.91 Å². The lowest BCUT2D eigenvalue weighted by molar-refractivity contribution is -0.155. The number of hydrogen-bond donors (Lipinski definition) is 3. The zero-order valence-electron chi connectivity index (χ0n) is 26.3. The number of benzene rings is 2. The average Bonchev–Trinajstić information content (AvgIpc) is 3.40. The fourth-order valence-electron chi connectivity index (χ4n) is 5.64. The van der Waals surface area contributed by atoms with E-state index in [-0.39, 0.29) is 31.9 Å². The summed E-state index contributed by atoms with van der Waals surface area (Å²) in [5, 5.41) is 23.2. The van der Waals surface area contributed by atoms with Crippen LogP contribution in [0.1, 0.15) is 89.4 Å². The minimum Gasteiger partial charge on any atom is -0.497 e. The van der Waals surface area contributed by atoms with Crippen molar-refractivity contribution in [2.75, 3.05) is 26.9 Å². The monoisotopic (exact) mass is 610 g/mol. The summed E-state index contributed by atoms with van der Waals surface area (Å²) < 4.78 is 23.2. The van der Waals surface area contributed by atoms with Gasteiger partial charge < -0.3 is 34.5 Å². The van der Waals surface area contributed by atoms with Gasteiger partial charge >= 0.3 is 5.97 Å². The Morgan fingerprint density at radius 2 is 1.80 bits per heavy atom. The van der Waals surface area contributed by atoms with Gasteiger partial charge in [-0.05, 0) is 82.0 Å². The van der Waals surface area contributed by atoms with Gasteiger partial charge in [-0.2, -0.15) is 0 Å². The molecule has 2 aromatic rings. The molecule has 1 heterocycles. The second kappa shape index (κ2) is 14.4. The maximum Gasteiger partial charge on any atom is 0.306 e. The molecule has 2 aromatic carbocycles. The Morgan fingerprint density at radius 3 is 2.45 bits per heavy atom. The van der Waals surface area contributed by atoms with E-state index in [2.05, 4.69) is 5.32 Å². The van der Waals surface area contributed by atoms with Crippen molar-refractivity contribution in [1.29, 1.82) is 0 Å². The molecule has 0 unspecified atom stereocenters. The van der Waals surface area contributed by atoms with Crippen molar-refractivity contribution in [3.05, 3.63) is 59.7 Å². The molecule has 3 N–H and O–H groups in total. The van der Waals surface area contributed by atoms with Crippen LogP contribution in [0.4, 0.5) is 0 Å². The maximum absolute atomic E-state index is 14.3. The molecule has 1 fully saturated rings.